The molecule has 1 saturated heterocycles. The van der Waals surface area contributed by atoms with E-state index in [-0.39, 0.29) is 37.0 Å². The second-order valence-corrected chi connectivity index (χ2v) is 9.37. The number of benzene rings is 1. The Bertz CT molecular complexity index is 808. The second kappa shape index (κ2) is 10.1. The summed E-state index contributed by atoms with van der Waals surface area (Å²) in [6, 6.07) is 4.02. The average Bonchev–Trinajstić information content (AvgIpc) is 3.09. The fourth-order valence-electron chi connectivity index (χ4n) is 3.75. The van der Waals surface area contributed by atoms with Crippen LogP contribution in [0.1, 0.15) is 43.9 Å². The van der Waals surface area contributed by atoms with Crippen LogP contribution in [0, 0.1) is 20.8 Å². The second-order valence-electron chi connectivity index (χ2n) is 9.37. The molecule has 31 heavy (non-hydrogen) atoms. The fourth-order valence-corrected chi connectivity index (χ4v) is 3.75. The van der Waals surface area contributed by atoms with Crippen molar-refractivity contribution in [3.63, 3.8) is 0 Å². The van der Waals surface area contributed by atoms with Gasteiger partial charge in [0.25, 0.3) is 0 Å². The van der Waals surface area contributed by atoms with E-state index in [2.05, 4.69) is 10.6 Å². The normalized spacial score (nSPS) is 16.7. The van der Waals surface area contributed by atoms with Gasteiger partial charge in [-0.3, -0.25) is 14.5 Å². The molecule has 0 aliphatic carbocycles. The molecule has 8 heteroatoms. The highest BCUT2D eigenvalue weighted by Gasteiger charge is 2.31. The van der Waals surface area contributed by atoms with Crippen LogP contribution < -0.4 is 10.6 Å². The molecular weight excluding hydrogens is 396 g/mol. The number of hydrogen-bond acceptors (Lipinski definition) is 5. The van der Waals surface area contributed by atoms with Crippen LogP contribution >= 0.6 is 0 Å². The standard InChI is InChI=1S/C23H36N4O4/c1-15-10-16(2)21(17(3)11-15)25-19(28)12-24-20(29)14-27-9-8-18(13-27)26(7)22(30)31-23(4,5)6/h10-11,18H,8-9,12-14H2,1-7H3,(H,24,29)(H,25,28)/t18-/m1/s1. The van der Waals surface area contributed by atoms with Crippen molar-refractivity contribution in [1.82, 2.24) is 15.1 Å². The van der Waals surface area contributed by atoms with Crippen molar-refractivity contribution in [2.24, 2.45) is 0 Å². The van der Waals surface area contributed by atoms with Gasteiger partial charge in [-0.05, 0) is 59.1 Å². The number of nitrogens with zero attached hydrogens (tertiary/aromatic N) is 2. The average molecular weight is 433 g/mol. The van der Waals surface area contributed by atoms with E-state index < -0.39 is 5.60 Å². The van der Waals surface area contributed by atoms with Gasteiger partial charge in [0.1, 0.15) is 5.60 Å². The topological polar surface area (TPSA) is 91.0 Å². The summed E-state index contributed by atoms with van der Waals surface area (Å²) < 4.78 is 5.41. The quantitative estimate of drug-likeness (QED) is 0.721. The summed E-state index contributed by atoms with van der Waals surface area (Å²) in [5.74, 6) is -0.472. The maximum atomic E-state index is 12.3. The Morgan fingerprint density at radius 2 is 1.74 bits per heavy atom. The number of amides is 3. The largest absolute Gasteiger partial charge is 0.444 e. The molecule has 1 aromatic rings. The van der Waals surface area contributed by atoms with Crippen LogP contribution in [0.2, 0.25) is 0 Å². The van der Waals surface area contributed by atoms with E-state index >= 15 is 0 Å². The third-order valence-corrected chi connectivity index (χ3v) is 5.23. The van der Waals surface area contributed by atoms with Crippen LogP contribution in [-0.2, 0) is 14.3 Å². The van der Waals surface area contributed by atoms with Gasteiger partial charge in [-0.15, -0.1) is 0 Å². The molecule has 2 rings (SSSR count). The summed E-state index contributed by atoms with van der Waals surface area (Å²) in [7, 11) is 1.72. The molecule has 0 radical (unpaired) electrons. The van der Waals surface area contributed by atoms with Crippen molar-refractivity contribution < 1.29 is 19.1 Å². The fraction of sp³-hybridized carbons (Fsp3) is 0.609. The number of carbonyl (C=O) groups excluding carboxylic acids is 3. The molecule has 2 N–H and O–H groups in total. The van der Waals surface area contributed by atoms with Crippen LogP contribution in [0.4, 0.5) is 10.5 Å². The number of aryl methyl sites for hydroxylation is 3. The Morgan fingerprint density at radius 3 is 2.32 bits per heavy atom. The molecule has 1 aliphatic rings. The predicted octanol–water partition coefficient (Wildman–Crippen LogP) is 2.61. The molecule has 0 unspecified atom stereocenters. The van der Waals surface area contributed by atoms with E-state index in [1.165, 1.54) is 0 Å². The van der Waals surface area contributed by atoms with Gasteiger partial charge in [0, 0.05) is 31.9 Å². The van der Waals surface area contributed by atoms with Gasteiger partial charge in [0.2, 0.25) is 11.8 Å². The summed E-state index contributed by atoms with van der Waals surface area (Å²) in [5.41, 5.74) is 3.38. The van der Waals surface area contributed by atoms with Crippen molar-refractivity contribution in [3.8, 4) is 0 Å². The highest BCUT2D eigenvalue weighted by molar-refractivity contribution is 5.96. The smallest absolute Gasteiger partial charge is 0.410 e. The number of hydrogen-bond donors (Lipinski definition) is 2. The van der Waals surface area contributed by atoms with Gasteiger partial charge >= 0.3 is 6.09 Å². The molecule has 0 spiro atoms. The number of nitrogens with one attached hydrogen (secondary N) is 2. The SMILES string of the molecule is Cc1cc(C)c(NC(=O)CNC(=O)CN2CC[C@@H](N(C)C(=O)OC(C)(C)C)C2)c(C)c1. The maximum Gasteiger partial charge on any atom is 0.410 e. The highest BCUT2D eigenvalue weighted by Crippen LogP contribution is 2.21. The molecule has 1 fully saturated rings. The molecule has 1 heterocycles. The molecule has 1 atom stereocenters. The highest BCUT2D eigenvalue weighted by atomic mass is 16.6. The zero-order valence-electron chi connectivity index (χ0n) is 19.8. The van der Waals surface area contributed by atoms with Crippen LogP contribution in [0.25, 0.3) is 0 Å². The van der Waals surface area contributed by atoms with Crippen molar-refractivity contribution in [2.75, 3.05) is 38.5 Å². The lowest BCUT2D eigenvalue weighted by Gasteiger charge is -2.28. The van der Waals surface area contributed by atoms with Gasteiger partial charge in [0.15, 0.2) is 0 Å². The van der Waals surface area contributed by atoms with Crippen LogP contribution in [0.15, 0.2) is 12.1 Å². The van der Waals surface area contributed by atoms with Gasteiger partial charge in [-0.1, -0.05) is 17.7 Å². The first-order chi connectivity index (χ1) is 14.4. The molecule has 1 aliphatic heterocycles. The van der Waals surface area contributed by atoms with Crippen LogP contribution in [0.5, 0.6) is 0 Å². The summed E-state index contributed by atoms with van der Waals surface area (Å²) in [6.45, 7) is 12.8. The number of rotatable bonds is 6. The first-order valence-corrected chi connectivity index (χ1v) is 10.7. The van der Waals surface area contributed by atoms with E-state index in [1.807, 2.05) is 58.6 Å². The maximum absolute atomic E-state index is 12.3. The molecule has 8 nitrogen and oxygen atoms in total. The van der Waals surface area contributed by atoms with Crippen LogP contribution in [0.3, 0.4) is 0 Å². The van der Waals surface area contributed by atoms with Gasteiger partial charge < -0.3 is 20.3 Å². The van der Waals surface area contributed by atoms with E-state index in [9.17, 15) is 14.4 Å². The number of likely N-dealkylation sites (N-methyl/N-ethyl adjacent to an activating group) is 1. The Kier molecular flexibility index (Phi) is 8.06. The lowest BCUT2D eigenvalue weighted by molar-refractivity contribution is -0.124. The lowest BCUT2D eigenvalue weighted by atomic mass is 10.1. The summed E-state index contributed by atoms with van der Waals surface area (Å²) in [6.07, 6.45) is 0.414. The number of likely N-dealkylation sites (tertiary alicyclic amines) is 1. The van der Waals surface area contributed by atoms with Crippen molar-refractivity contribution in [3.05, 3.63) is 28.8 Å². The first kappa shape index (κ1) is 24.7. The number of carbonyl (C=O) groups is 3. The summed E-state index contributed by atoms with van der Waals surface area (Å²) >= 11 is 0. The molecule has 0 bridgehead atoms. The van der Waals surface area contributed by atoms with E-state index in [1.54, 1.807) is 11.9 Å². The minimum atomic E-state index is -0.542. The Balaban J connectivity index is 1.77. The lowest BCUT2D eigenvalue weighted by Crippen LogP contribution is -2.43. The minimum absolute atomic E-state index is 0.00145. The van der Waals surface area contributed by atoms with E-state index in [0.29, 0.717) is 13.1 Å². The zero-order chi connectivity index (χ0) is 23.3. The Labute approximate surface area is 185 Å². The monoisotopic (exact) mass is 432 g/mol. The number of ether oxygens (including phenoxy) is 1. The van der Waals surface area contributed by atoms with Crippen molar-refractivity contribution in [2.45, 2.75) is 59.6 Å². The molecule has 3 amide bonds. The van der Waals surface area contributed by atoms with E-state index in [0.717, 1.165) is 28.8 Å². The Hall–Kier alpha value is -2.61. The molecule has 1 aromatic carbocycles. The van der Waals surface area contributed by atoms with Gasteiger partial charge in [-0.2, -0.15) is 0 Å². The van der Waals surface area contributed by atoms with Crippen molar-refractivity contribution >= 4 is 23.6 Å². The zero-order valence-corrected chi connectivity index (χ0v) is 19.8. The third kappa shape index (κ3) is 7.54. The minimum Gasteiger partial charge on any atom is -0.444 e. The van der Waals surface area contributed by atoms with Crippen LogP contribution in [-0.4, -0.2) is 72.6 Å². The molecule has 0 saturated carbocycles. The molecular formula is C23H36N4O4. The summed E-state index contributed by atoms with van der Waals surface area (Å²) in [5, 5.41) is 5.56. The predicted molar refractivity (Wildman–Crippen MR) is 121 cm³/mol. The molecule has 0 aromatic heterocycles. The Morgan fingerprint density at radius 1 is 1.13 bits per heavy atom. The first-order valence-electron chi connectivity index (χ1n) is 10.7. The number of anilines is 1. The van der Waals surface area contributed by atoms with Crippen molar-refractivity contribution in [1.29, 1.82) is 0 Å². The third-order valence-electron chi connectivity index (χ3n) is 5.23. The van der Waals surface area contributed by atoms with Gasteiger partial charge in [-0.25, -0.2) is 4.79 Å². The van der Waals surface area contributed by atoms with Gasteiger partial charge in [0.05, 0.1) is 13.1 Å². The molecule has 172 valence electrons. The summed E-state index contributed by atoms with van der Waals surface area (Å²) in [4.78, 5) is 40.4. The van der Waals surface area contributed by atoms with E-state index in [4.69, 9.17) is 4.74 Å².